The monoisotopic (exact) mass is 384 g/mol. The van der Waals surface area contributed by atoms with Gasteiger partial charge in [0, 0.05) is 0 Å². The molecule has 27 heavy (non-hydrogen) atoms. The van der Waals surface area contributed by atoms with Crippen LogP contribution in [0.1, 0.15) is 90.7 Å². The van der Waals surface area contributed by atoms with Crippen LogP contribution in [0.2, 0.25) is 0 Å². The third-order valence-corrected chi connectivity index (χ3v) is 5.93. The standard InChI is InChI=1S/C26H40S/c1-21(2)11-7-12-22(3)13-8-14-23(4)15-9-16-24(5)17-10-18-26-20-27-19-25(26)6/h11,13,15,17,19-20H,7-10,12,14,16,18H2,1-6H3. The molecule has 0 amide bonds. The van der Waals surface area contributed by atoms with E-state index in [9.17, 15) is 0 Å². The van der Waals surface area contributed by atoms with Gasteiger partial charge in [-0.25, -0.2) is 0 Å². The topological polar surface area (TPSA) is 0 Å². The lowest BCUT2D eigenvalue weighted by Crippen LogP contribution is -1.85. The summed E-state index contributed by atoms with van der Waals surface area (Å²) in [5.41, 5.74) is 8.98. The molecule has 0 aliphatic rings. The zero-order valence-corrected chi connectivity index (χ0v) is 19.3. The first kappa shape index (κ1) is 23.7. The van der Waals surface area contributed by atoms with Crippen LogP contribution in [0, 0.1) is 6.92 Å². The number of aryl methyl sites for hydroxylation is 2. The van der Waals surface area contributed by atoms with Crippen LogP contribution >= 0.6 is 11.3 Å². The van der Waals surface area contributed by atoms with Crippen molar-refractivity contribution >= 4 is 11.3 Å². The lowest BCUT2D eigenvalue weighted by atomic mass is 10.0. The molecule has 0 aromatic carbocycles. The molecule has 0 saturated heterocycles. The van der Waals surface area contributed by atoms with Gasteiger partial charge in [0.25, 0.3) is 0 Å². The van der Waals surface area contributed by atoms with Crippen molar-refractivity contribution in [3.63, 3.8) is 0 Å². The molecule has 0 N–H and O–H groups in total. The predicted molar refractivity (Wildman–Crippen MR) is 126 cm³/mol. The lowest BCUT2D eigenvalue weighted by Gasteiger charge is -2.03. The van der Waals surface area contributed by atoms with Crippen molar-refractivity contribution in [1.29, 1.82) is 0 Å². The molecule has 0 spiro atoms. The van der Waals surface area contributed by atoms with Crippen LogP contribution in [-0.4, -0.2) is 0 Å². The van der Waals surface area contributed by atoms with Gasteiger partial charge in [0.15, 0.2) is 0 Å². The highest BCUT2D eigenvalue weighted by Crippen LogP contribution is 2.17. The van der Waals surface area contributed by atoms with Gasteiger partial charge in [-0.2, -0.15) is 11.3 Å². The SMILES string of the molecule is CC(C)=CCCC(C)=CCCC(C)=CCCC(C)=CCCc1cscc1C. The minimum atomic E-state index is 1.17. The van der Waals surface area contributed by atoms with Crippen LogP contribution in [0.3, 0.4) is 0 Å². The molecule has 0 aliphatic heterocycles. The van der Waals surface area contributed by atoms with Crippen LogP contribution < -0.4 is 0 Å². The van der Waals surface area contributed by atoms with Crippen LogP contribution in [0.4, 0.5) is 0 Å². The highest BCUT2D eigenvalue weighted by atomic mass is 32.1. The zero-order valence-electron chi connectivity index (χ0n) is 18.5. The predicted octanol–water partition coefficient (Wildman–Crippen LogP) is 9.13. The molecule has 0 atom stereocenters. The van der Waals surface area contributed by atoms with Gasteiger partial charge in [-0.05, 0) is 115 Å². The summed E-state index contributed by atoms with van der Waals surface area (Å²) in [6, 6.07) is 0. The van der Waals surface area contributed by atoms with E-state index in [0.29, 0.717) is 0 Å². The molecule has 1 rings (SSSR count). The number of allylic oxidation sites excluding steroid dienone is 8. The second-order valence-corrected chi connectivity index (χ2v) is 8.91. The fourth-order valence-corrected chi connectivity index (χ4v) is 4.00. The van der Waals surface area contributed by atoms with E-state index < -0.39 is 0 Å². The fraction of sp³-hybridized carbons (Fsp3) is 0.538. The van der Waals surface area contributed by atoms with E-state index in [4.69, 9.17) is 0 Å². The van der Waals surface area contributed by atoms with Gasteiger partial charge in [-0.1, -0.05) is 46.6 Å². The van der Waals surface area contributed by atoms with Gasteiger partial charge in [0.2, 0.25) is 0 Å². The van der Waals surface area contributed by atoms with Gasteiger partial charge >= 0.3 is 0 Å². The summed E-state index contributed by atoms with van der Waals surface area (Å²) in [4.78, 5) is 0. The van der Waals surface area contributed by atoms with Crippen molar-refractivity contribution in [2.24, 2.45) is 0 Å². The fourth-order valence-electron chi connectivity index (χ4n) is 3.10. The molecule has 0 aliphatic carbocycles. The first-order valence-corrected chi connectivity index (χ1v) is 11.4. The van der Waals surface area contributed by atoms with Gasteiger partial charge in [-0.15, -0.1) is 0 Å². The third kappa shape index (κ3) is 11.9. The quantitative estimate of drug-likeness (QED) is 0.315. The Kier molecular flexibility index (Phi) is 12.1. The average molecular weight is 385 g/mol. The van der Waals surface area contributed by atoms with Crippen LogP contribution in [0.25, 0.3) is 0 Å². The molecular weight excluding hydrogens is 344 g/mol. The minimum absolute atomic E-state index is 1.17. The van der Waals surface area contributed by atoms with Gasteiger partial charge < -0.3 is 0 Å². The first-order valence-electron chi connectivity index (χ1n) is 10.5. The smallest absolute Gasteiger partial charge is 0.00584 e. The van der Waals surface area contributed by atoms with Crippen LogP contribution in [0.5, 0.6) is 0 Å². The Bertz CT molecular complexity index is 660. The molecule has 1 heteroatoms. The summed E-state index contributed by atoms with van der Waals surface area (Å²) in [6.45, 7) is 13.4. The summed E-state index contributed by atoms with van der Waals surface area (Å²) in [6.07, 6.45) is 19.1. The summed E-state index contributed by atoms with van der Waals surface area (Å²) < 4.78 is 0. The lowest BCUT2D eigenvalue weighted by molar-refractivity contribution is 0.893. The van der Waals surface area contributed by atoms with Crippen molar-refractivity contribution in [1.82, 2.24) is 0 Å². The molecular formula is C26H40S. The summed E-state index contributed by atoms with van der Waals surface area (Å²) in [7, 11) is 0. The molecule has 0 saturated carbocycles. The van der Waals surface area contributed by atoms with Crippen molar-refractivity contribution in [3.05, 3.63) is 68.5 Å². The molecule has 0 bridgehead atoms. The number of rotatable bonds is 12. The van der Waals surface area contributed by atoms with Crippen LogP contribution in [-0.2, 0) is 6.42 Å². The summed E-state index contributed by atoms with van der Waals surface area (Å²) in [5.74, 6) is 0. The van der Waals surface area contributed by atoms with Gasteiger partial charge in [-0.3, -0.25) is 0 Å². The summed E-state index contributed by atoms with van der Waals surface area (Å²) in [5, 5.41) is 4.54. The Morgan fingerprint density at radius 1 is 0.704 bits per heavy atom. The van der Waals surface area contributed by atoms with E-state index in [1.807, 2.05) is 11.3 Å². The number of hydrogen-bond donors (Lipinski definition) is 0. The maximum absolute atomic E-state index is 2.44. The van der Waals surface area contributed by atoms with Gasteiger partial charge in [0.05, 0.1) is 0 Å². The number of hydrogen-bond acceptors (Lipinski definition) is 1. The van der Waals surface area contributed by atoms with Crippen molar-refractivity contribution in [2.45, 2.75) is 92.9 Å². The normalized spacial score (nSPS) is 13.2. The molecule has 0 unspecified atom stereocenters. The minimum Gasteiger partial charge on any atom is -0.152 e. The number of thiophene rings is 1. The molecule has 150 valence electrons. The Hall–Kier alpha value is -1.34. The largest absolute Gasteiger partial charge is 0.152 e. The molecule has 1 heterocycles. The second-order valence-electron chi connectivity index (χ2n) is 8.17. The van der Waals surface area contributed by atoms with E-state index >= 15 is 0 Å². The average Bonchev–Trinajstić information content (AvgIpc) is 2.99. The molecule has 1 aromatic heterocycles. The summed E-state index contributed by atoms with van der Waals surface area (Å²) >= 11 is 1.82. The molecule has 0 radical (unpaired) electrons. The maximum Gasteiger partial charge on any atom is -0.00584 e. The van der Waals surface area contributed by atoms with Crippen molar-refractivity contribution in [3.8, 4) is 0 Å². The highest BCUT2D eigenvalue weighted by Gasteiger charge is 1.98. The van der Waals surface area contributed by atoms with E-state index in [-0.39, 0.29) is 0 Å². The van der Waals surface area contributed by atoms with E-state index in [2.05, 4.69) is 76.6 Å². The van der Waals surface area contributed by atoms with E-state index in [0.717, 1.165) is 0 Å². The first-order chi connectivity index (χ1) is 12.9. The molecule has 1 aromatic rings. The zero-order chi connectivity index (χ0) is 20.1. The maximum atomic E-state index is 2.44. The van der Waals surface area contributed by atoms with Crippen molar-refractivity contribution < 1.29 is 0 Å². The van der Waals surface area contributed by atoms with Crippen LogP contribution in [0.15, 0.2) is 57.4 Å². The Morgan fingerprint density at radius 3 is 1.63 bits per heavy atom. The third-order valence-electron chi connectivity index (χ3n) is 5.02. The molecule has 0 nitrogen and oxygen atoms in total. The van der Waals surface area contributed by atoms with Crippen molar-refractivity contribution in [2.75, 3.05) is 0 Å². The van der Waals surface area contributed by atoms with E-state index in [1.54, 1.807) is 0 Å². The molecule has 0 fully saturated rings. The van der Waals surface area contributed by atoms with E-state index in [1.165, 1.54) is 84.8 Å². The Labute approximate surface area is 172 Å². The highest BCUT2D eigenvalue weighted by molar-refractivity contribution is 7.08. The van der Waals surface area contributed by atoms with Gasteiger partial charge in [0.1, 0.15) is 0 Å². The Balaban J connectivity index is 2.22. The second kappa shape index (κ2) is 13.8. The Morgan fingerprint density at radius 2 is 1.19 bits per heavy atom.